The number of hydrogen-bond donors (Lipinski definition) is 0. The molecule has 0 spiro atoms. The van der Waals surface area contributed by atoms with E-state index in [0.29, 0.717) is 29.4 Å². The molecular formula is C19H18N2O3. The van der Waals surface area contributed by atoms with E-state index in [-0.39, 0.29) is 18.1 Å². The first kappa shape index (κ1) is 15.9. The van der Waals surface area contributed by atoms with E-state index >= 15 is 0 Å². The minimum Gasteiger partial charge on any atom is -0.462 e. The maximum Gasteiger partial charge on any atom is 0.338 e. The van der Waals surface area contributed by atoms with E-state index in [1.54, 1.807) is 22.8 Å². The van der Waals surface area contributed by atoms with Crippen LogP contribution in [0.25, 0.3) is 10.9 Å². The fraction of sp³-hybridized carbons (Fsp3) is 0.211. The summed E-state index contributed by atoms with van der Waals surface area (Å²) in [4.78, 5) is 28.5. The molecular weight excluding hydrogens is 304 g/mol. The molecule has 122 valence electrons. The smallest absolute Gasteiger partial charge is 0.338 e. The number of carbonyl (C=O) groups is 1. The van der Waals surface area contributed by atoms with Gasteiger partial charge < -0.3 is 4.74 Å². The molecule has 0 bridgehead atoms. The monoisotopic (exact) mass is 322 g/mol. The van der Waals surface area contributed by atoms with Crippen molar-refractivity contribution in [3.05, 3.63) is 76.3 Å². The second-order valence-corrected chi connectivity index (χ2v) is 5.62. The Hall–Kier alpha value is -2.95. The first-order chi connectivity index (χ1) is 11.6. The van der Waals surface area contributed by atoms with Gasteiger partial charge in [-0.05, 0) is 37.6 Å². The van der Waals surface area contributed by atoms with Crippen molar-refractivity contribution >= 4 is 16.9 Å². The average Bonchev–Trinajstić information content (AvgIpc) is 2.61. The van der Waals surface area contributed by atoms with Crippen molar-refractivity contribution < 1.29 is 9.53 Å². The molecule has 0 radical (unpaired) electrons. The molecule has 0 aliphatic rings. The predicted octanol–water partition coefficient (Wildman–Crippen LogP) is 2.95. The van der Waals surface area contributed by atoms with E-state index in [1.165, 1.54) is 6.33 Å². The molecule has 0 saturated carbocycles. The minimum atomic E-state index is -0.348. The number of benzene rings is 2. The maximum absolute atomic E-state index is 12.3. The molecule has 3 aromatic rings. The molecule has 0 saturated heterocycles. The second kappa shape index (κ2) is 7.08. The Labute approximate surface area is 139 Å². The van der Waals surface area contributed by atoms with Gasteiger partial charge in [0.2, 0.25) is 0 Å². The van der Waals surface area contributed by atoms with Crippen molar-refractivity contribution in [3.8, 4) is 0 Å². The molecule has 1 aromatic heterocycles. The Morgan fingerprint density at radius 2 is 1.88 bits per heavy atom. The molecule has 5 heteroatoms. The Morgan fingerprint density at radius 1 is 1.12 bits per heavy atom. The number of esters is 1. The van der Waals surface area contributed by atoms with Gasteiger partial charge in [0.25, 0.3) is 5.56 Å². The van der Waals surface area contributed by atoms with Gasteiger partial charge in [-0.25, -0.2) is 9.78 Å². The third kappa shape index (κ3) is 3.51. The van der Waals surface area contributed by atoms with E-state index in [1.807, 2.05) is 37.3 Å². The zero-order valence-electron chi connectivity index (χ0n) is 13.4. The van der Waals surface area contributed by atoms with Gasteiger partial charge in [-0.2, -0.15) is 0 Å². The zero-order chi connectivity index (χ0) is 16.9. The number of para-hydroxylation sites is 1. The lowest BCUT2D eigenvalue weighted by Gasteiger charge is -2.08. The topological polar surface area (TPSA) is 61.2 Å². The third-order valence-electron chi connectivity index (χ3n) is 3.80. The Morgan fingerprint density at radius 3 is 2.67 bits per heavy atom. The summed E-state index contributed by atoms with van der Waals surface area (Å²) in [5.41, 5.74) is 2.23. The fourth-order valence-corrected chi connectivity index (χ4v) is 2.44. The van der Waals surface area contributed by atoms with Crippen LogP contribution in [0.1, 0.15) is 22.3 Å². The molecule has 0 fully saturated rings. The lowest BCUT2D eigenvalue weighted by atomic mass is 10.1. The highest BCUT2D eigenvalue weighted by atomic mass is 16.5. The van der Waals surface area contributed by atoms with Gasteiger partial charge in [-0.1, -0.05) is 29.8 Å². The lowest BCUT2D eigenvalue weighted by Crippen LogP contribution is -2.21. The summed E-state index contributed by atoms with van der Waals surface area (Å²) in [6.07, 6.45) is 2.09. The van der Waals surface area contributed by atoms with Gasteiger partial charge in [-0.3, -0.25) is 9.36 Å². The van der Waals surface area contributed by atoms with E-state index in [9.17, 15) is 9.59 Å². The summed E-state index contributed by atoms with van der Waals surface area (Å²) >= 11 is 0. The summed E-state index contributed by atoms with van der Waals surface area (Å²) in [5.74, 6) is -0.348. The number of hydrogen-bond acceptors (Lipinski definition) is 4. The van der Waals surface area contributed by atoms with E-state index < -0.39 is 0 Å². The molecule has 3 rings (SSSR count). The average molecular weight is 322 g/mol. The Bertz CT molecular complexity index is 914. The summed E-state index contributed by atoms with van der Waals surface area (Å²) in [6.45, 7) is 2.67. The van der Waals surface area contributed by atoms with Gasteiger partial charge in [0.05, 0.1) is 29.4 Å². The first-order valence-corrected chi connectivity index (χ1v) is 7.83. The molecule has 2 aromatic carbocycles. The number of aryl methyl sites for hydroxylation is 2. The summed E-state index contributed by atoms with van der Waals surface area (Å²) in [6, 6.07) is 14.5. The van der Waals surface area contributed by atoms with Crippen LogP contribution in [-0.4, -0.2) is 22.1 Å². The molecule has 0 unspecified atom stereocenters. The number of aromatic nitrogens is 2. The number of nitrogens with zero attached hydrogens (tertiary/aromatic N) is 2. The SMILES string of the molecule is Cc1ccc(C(=O)OCCCn2cnc3ccccc3c2=O)cc1. The van der Waals surface area contributed by atoms with Gasteiger partial charge >= 0.3 is 5.97 Å². The Kier molecular flexibility index (Phi) is 4.70. The fourth-order valence-electron chi connectivity index (χ4n) is 2.44. The highest BCUT2D eigenvalue weighted by molar-refractivity contribution is 5.89. The molecule has 0 amide bonds. The lowest BCUT2D eigenvalue weighted by molar-refractivity contribution is 0.0495. The van der Waals surface area contributed by atoms with Crippen LogP contribution in [0, 0.1) is 6.92 Å². The quantitative estimate of drug-likeness (QED) is 0.535. The van der Waals surface area contributed by atoms with Gasteiger partial charge in [0.15, 0.2) is 0 Å². The van der Waals surface area contributed by atoms with Crippen LogP contribution in [0.3, 0.4) is 0 Å². The van der Waals surface area contributed by atoms with Crippen LogP contribution >= 0.6 is 0 Å². The molecule has 1 heterocycles. The van der Waals surface area contributed by atoms with Crippen LogP contribution in [0.15, 0.2) is 59.7 Å². The van der Waals surface area contributed by atoms with Crippen molar-refractivity contribution in [2.24, 2.45) is 0 Å². The molecule has 0 aliphatic carbocycles. The zero-order valence-corrected chi connectivity index (χ0v) is 13.4. The molecule has 5 nitrogen and oxygen atoms in total. The maximum atomic E-state index is 12.3. The van der Waals surface area contributed by atoms with E-state index in [4.69, 9.17) is 4.74 Å². The first-order valence-electron chi connectivity index (χ1n) is 7.83. The van der Waals surface area contributed by atoms with Crippen LogP contribution in [0.5, 0.6) is 0 Å². The van der Waals surface area contributed by atoms with Crippen LogP contribution in [0.2, 0.25) is 0 Å². The number of fused-ring (bicyclic) bond motifs is 1. The predicted molar refractivity (Wildman–Crippen MR) is 92.1 cm³/mol. The highest BCUT2D eigenvalue weighted by Crippen LogP contribution is 2.06. The van der Waals surface area contributed by atoms with Crippen molar-refractivity contribution in [1.82, 2.24) is 9.55 Å². The number of rotatable bonds is 5. The molecule has 0 N–H and O–H groups in total. The van der Waals surface area contributed by atoms with E-state index in [0.717, 1.165) is 5.56 Å². The minimum absolute atomic E-state index is 0.0783. The largest absolute Gasteiger partial charge is 0.462 e. The summed E-state index contributed by atoms with van der Waals surface area (Å²) < 4.78 is 6.79. The summed E-state index contributed by atoms with van der Waals surface area (Å²) in [5, 5.41) is 0.594. The van der Waals surface area contributed by atoms with Crippen molar-refractivity contribution in [2.75, 3.05) is 6.61 Å². The summed E-state index contributed by atoms with van der Waals surface area (Å²) in [7, 11) is 0. The van der Waals surface area contributed by atoms with Crippen LogP contribution in [0.4, 0.5) is 0 Å². The van der Waals surface area contributed by atoms with Gasteiger partial charge in [-0.15, -0.1) is 0 Å². The number of carbonyl (C=O) groups excluding carboxylic acids is 1. The van der Waals surface area contributed by atoms with Crippen LogP contribution in [-0.2, 0) is 11.3 Å². The van der Waals surface area contributed by atoms with E-state index in [2.05, 4.69) is 4.98 Å². The van der Waals surface area contributed by atoms with Crippen molar-refractivity contribution in [3.63, 3.8) is 0 Å². The third-order valence-corrected chi connectivity index (χ3v) is 3.80. The highest BCUT2D eigenvalue weighted by Gasteiger charge is 2.07. The molecule has 0 aliphatic heterocycles. The van der Waals surface area contributed by atoms with Gasteiger partial charge in [0, 0.05) is 6.54 Å². The normalized spacial score (nSPS) is 10.7. The van der Waals surface area contributed by atoms with Crippen molar-refractivity contribution in [2.45, 2.75) is 19.9 Å². The number of ether oxygens (including phenoxy) is 1. The van der Waals surface area contributed by atoms with Gasteiger partial charge in [0.1, 0.15) is 0 Å². The standard InChI is InChI=1S/C19H18N2O3/c1-14-7-9-15(10-8-14)19(23)24-12-4-11-21-13-20-17-6-3-2-5-16(17)18(21)22/h2-3,5-10,13H,4,11-12H2,1H3. The molecule has 0 atom stereocenters. The molecule has 24 heavy (non-hydrogen) atoms. The van der Waals surface area contributed by atoms with Crippen LogP contribution < -0.4 is 5.56 Å². The second-order valence-electron chi connectivity index (χ2n) is 5.62. The van der Waals surface area contributed by atoms with Crippen molar-refractivity contribution in [1.29, 1.82) is 0 Å². The Balaban J connectivity index is 1.57.